The molecule has 19 heavy (non-hydrogen) atoms. The van der Waals surface area contributed by atoms with Crippen LogP contribution < -0.4 is 4.74 Å². The molecule has 0 fully saturated rings. The Bertz CT molecular complexity index is 538. The maximum Gasteiger partial charge on any atom is 0.127 e. The van der Waals surface area contributed by atoms with Gasteiger partial charge in [-0.15, -0.1) is 11.6 Å². The lowest BCUT2D eigenvalue weighted by atomic mass is 9.87. The molecule has 0 spiro atoms. The van der Waals surface area contributed by atoms with Gasteiger partial charge in [0.1, 0.15) is 11.5 Å². The van der Waals surface area contributed by atoms with E-state index in [2.05, 4.69) is 32.9 Å². The summed E-state index contributed by atoms with van der Waals surface area (Å²) in [5.74, 6) is 2.23. The van der Waals surface area contributed by atoms with Crippen LogP contribution in [-0.2, 0) is 11.3 Å². The fourth-order valence-corrected chi connectivity index (χ4v) is 1.99. The van der Waals surface area contributed by atoms with E-state index in [0.29, 0.717) is 5.88 Å². The molecule has 0 amide bonds. The van der Waals surface area contributed by atoms with Gasteiger partial charge in [0.25, 0.3) is 0 Å². The summed E-state index contributed by atoms with van der Waals surface area (Å²) in [6, 6.07) is 16.1. The molecule has 100 valence electrons. The second kappa shape index (κ2) is 5.66. The van der Waals surface area contributed by atoms with Crippen LogP contribution in [0.1, 0.15) is 31.9 Å². The third kappa shape index (κ3) is 3.74. The minimum atomic E-state index is 0.127. The summed E-state index contributed by atoms with van der Waals surface area (Å²) in [6.07, 6.45) is 0. The van der Waals surface area contributed by atoms with Crippen LogP contribution in [0.15, 0.2) is 48.5 Å². The molecule has 0 aromatic heterocycles. The van der Waals surface area contributed by atoms with Gasteiger partial charge in [0, 0.05) is 5.88 Å². The highest BCUT2D eigenvalue weighted by Gasteiger charge is 2.14. The molecule has 0 saturated carbocycles. The van der Waals surface area contributed by atoms with Gasteiger partial charge in [-0.25, -0.2) is 0 Å². The summed E-state index contributed by atoms with van der Waals surface area (Å²) >= 11 is 5.77. The van der Waals surface area contributed by atoms with Gasteiger partial charge in [-0.05, 0) is 40.8 Å². The van der Waals surface area contributed by atoms with Crippen molar-refractivity contribution in [2.45, 2.75) is 32.1 Å². The lowest BCUT2D eigenvalue weighted by Gasteiger charge is -2.19. The molecule has 2 heteroatoms. The smallest absolute Gasteiger partial charge is 0.127 e. The highest BCUT2D eigenvalue weighted by Crippen LogP contribution is 2.28. The minimum Gasteiger partial charge on any atom is -0.457 e. The Kier molecular flexibility index (Phi) is 4.16. The molecule has 0 atom stereocenters. The summed E-state index contributed by atoms with van der Waals surface area (Å²) in [6.45, 7) is 6.59. The highest BCUT2D eigenvalue weighted by atomic mass is 35.5. The fraction of sp³-hybridized carbons (Fsp3) is 0.294. The van der Waals surface area contributed by atoms with E-state index >= 15 is 0 Å². The van der Waals surface area contributed by atoms with E-state index in [0.717, 1.165) is 17.1 Å². The van der Waals surface area contributed by atoms with Gasteiger partial charge in [-0.1, -0.05) is 45.0 Å². The summed E-state index contributed by atoms with van der Waals surface area (Å²) in [5.41, 5.74) is 2.49. The summed E-state index contributed by atoms with van der Waals surface area (Å²) < 4.78 is 5.87. The zero-order valence-corrected chi connectivity index (χ0v) is 12.4. The first-order valence-electron chi connectivity index (χ1n) is 6.42. The standard InChI is InChI=1S/C17H19ClO/c1-17(2,3)14-5-4-6-16(11-14)19-15-9-7-13(12-18)8-10-15/h4-11H,12H2,1-3H3. The van der Waals surface area contributed by atoms with Crippen molar-refractivity contribution in [2.75, 3.05) is 0 Å². The predicted octanol–water partition coefficient (Wildman–Crippen LogP) is 5.52. The van der Waals surface area contributed by atoms with E-state index in [4.69, 9.17) is 16.3 Å². The molecule has 0 unspecified atom stereocenters. The van der Waals surface area contributed by atoms with Gasteiger partial charge in [0.2, 0.25) is 0 Å². The second-order valence-corrected chi connectivity index (χ2v) is 5.92. The largest absolute Gasteiger partial charge is 0.457 e. The molecule has 0 heterocycles. The molecule has 0 bridgehead atoms. The van der Waals surface area contributed by atoms with E-state index in [1.807, 2.05) is 36.4 Å². The van der Waals surface area contributed by atoms with Crippen molar-refractivity contribution in [2.24, 2.45) is 0 Å². The summed E-state index contributed by atoms with van der Waals surface area (Å²) in [7, 11) is 0. The first-order valence-corrected chi connectivity index (χ1v) is 6.96. The first-order chi connectivity index (χ1) is 8.99. The molecule has 0 aliphatic carbocycles. The number of hydrogen-bond acceptors (Lipinski definition) is 1. The lowest BCUT2D eigenvalue weighted by Crippen LogP contribution is -2.10. The molecule has 1 nitrogen and oxygen atoms in total. The van der Waals surface area contributed by atoms with E-state index in [1.165, 1.54) is 5.56 Å². The molecule has 0 aliphatic heterocycles. The van der Waals surface area contributed by atoms with Gasteiger partial charge in [0.05, 0.1) is 0 Å². The van der Waals surface area contributed by atoms with Crippen molar-refractivity contribution in [3.63, 3.8) is 0 Å². The molecular formula is C17H19ClO. The van der Waals surface area contributed by atoms with Crippen LogP contribution in [0.2, 0.25) is 0 Å². The summed E-state index contributed by atoms with van der Waals surface area (Å²) in [5, 5.41) is 0. The third-order valence-corrected chi connectivity index (χ3v) is 3.32. The van der Waals surface area contributed by atoms with E-state index in [1.54, 1.807) is 0 Å². The fourth-order valence-electron chi connectivity index (χ4n) is 1.81. The predicted molar refractivity (Wildman–Crippen MR) is 81.2 cm³/mol. The zero-order valence-electron chi connectivity index (χ0n) is 11.6. The maximum atomic E-state index is 5.87. The Hall–Kier alpha value is -1.47. The van der Waals surface area contributed by atoms with Crippen LogP contribution in [0.25, 0.3) is 0 Å². The van der Waals surface area contributed by atoms with Crippen molar-refractivity contribution in [3.05, 3.63) is 59.7 Å². The Morgan fingerprint density at radius 2 is 1.63 bits per heavy atom. The van der Waals surface area contributed by atoms with Crippen LogP contribution in [0.3, 0.4) is 0 Å². The van der Waals surface area contributed by atoms with Gasteiger partial charge in [0.15, 0.2) is 0 Å². The average Bonchev–Trinajstić information content (AvgIpc) is 2.39. The Balaban J connectivity index is 2.18. The number of halogens is 1. The number of benzene rings is 2. The van der Waals surface area contributed by atoms with Gasteiger partial charge >= 0.3 is 0 Å². The van der Waals surface area contributed by atoms with Crippen molar-refractivity contribution < 1.29 is 4.74 Å². The number of ether oxygens (including phenoxy) is 1. The molecule has 0 N–H and O–H groups in total. The molecule has 0 aliphatic rings. The van der Waals surface area contributed by atoms with Gasteiger partial charge in [-0.2, -0.15) is 0 Å². The van der Waals surface area contributed by atoms with Crippen molar-refractivity contribution >= 4 is 11.6 Å². The SMILES string of the molecule is CC(C)(C)c1cccc(Oc2ccc(CCl)cc2)c1. The molecule has 0 saturated heterocycles. The molecule has 2 aromatic rings. The molecule has 2 aromatic carbocycles. The van der Waals surface area contributed by atoms with Crippen LogP contribution in [0.5, 0.6) is 11.5 Å². The quantitative estimate of drug-likeness (QED) is 0.670. The van der Waals surface area contributed by atoms with Crippen molar-refractivity contribution in [1.82, 2.24) is 0 Å². The van der Waals surface area contributed by atoms with Crippen LogP contribution in [0, 0.1) is 0 Å². The number of hydrogen-bond donors (Lipinski definition) is 0. The highest BCUT2D eigenvalue weighted by molar-refractivity contribution is 6.17. The second-order valence-electron chi connectivity index (χ2n) is 5.66. The first kappa shape index (κ1) is 14.0. The van der Waals surface area contributed by atoms with Crippen molar-refractivity contribution in [1.29, 1.82) is 0 Å². The monoisotopic (exact) mass is 274 g/mol. The van der Waals surface area contributed by atoms with E-state index in [9.17, 15) is 0 Å². The third-order valence-electron chi connectivity index (χ3n) is 3.01. The number of alkyl halides is 1. The molecular weight excluding hydrogens is 256 g/mol. The number of rotatable bonds is 3. The summed E-state index contributed by atoms with van der Waals surface area (Å²) in [4.78, 5) is 0. The molecule has 0 radical (unpaired) electrons. The van der Waals surface area contributed by atoms with Crippen molar-refractivity contribution in [3.8, 4) is 11.5 Å². The topological polar surface area (TPSA) is 9.23 Å². The van der Waals surface area contributed by atoms with Crippen LogP contribution in [-0.4, -0.2) is 0 Å². The van der Waals surface area contributed by atoms with Crippen LogP contribution >= 0.6 is 11.6 Å². The van der Waals surface area contributed by atoms with E-state index in [-0.39, 0.29) is 5.41 Å². The van der Waals surface area contributed by atoms with Gasteiger partial charge in [-0.3, -0.25) is 0 Å². The Labute approximate surface area is 120 Å². The normalized spacial score (nSPS) is 11.4. The van der Waals surface area contributed by atoms with E-state index < -0.39 is 0 Å². The van der Waals surface area contributed by atoms with Crippen LogP contribution in [0.4, 0.5) is 0 Å². The molecule has 2 rings (SSSR count). The lowest BCUT2D eigenvalue weighted by molar-refractivity contribution is 0.478. The zero-order chi connectivity index (χ0) is 13.9. The Morgan fingerprint density at radius 3 is 2.21 bits per heavy atom. The maximum absolute atomic E-state index is 5.87. The minimum absolute atomic E-state index is 0.127. The van der Waals surface area contributed by atoms with Gasteiger partial charge < -0.3 is 4.74 Å². The average molecular weight is 275 g/mol. The Morgan fingerprint density at radius 1 is 0.947 bits per heavy atom.